The minimum Gasteiger partial charge on any atom is -0.481 e. The third-order valence-corrected chi connectivity index (χ3v) is 23.2. The van der Waals surface area contributed by atoms with Crippen LogP contribution in [0.3, 0.4) is 0 Å². The van der Waals surface area contributed by atoms with Gasteiger partial charge in [0.25, 0.3) is 0 Å². The van der Waals surface area contributed by atoms with E-state index in [-0.39, 0.29) is 113 Å². The summed E-state index contributed by atoms with van der Waals surface area (Å²) in [7, 11) is 0. The van der Waals surface area contributed by atoms with Crippen LogP contribution in [0.2, 0.25) is 0 Å². The second-order valence-electron chi connectivity index (χ2n) is 33.4. The lowest BCUT2D eigenvalue weighted by atomic mass is 9.96. The van der Waals surface area contributed by atoms with Crippen LogP contribution in [0.5, 0.6) is 0 Å². The smallest absolute Gasteiger partial charge is 0.326 e. The standard InChI is InChI=1S/C87H140N30O26S3/c1-7-44(3)68(116-78(136)51(23-16-29-97-86(92)93)110-80(138)56(34-67(126)127)113-83(141)69(45(4)8-2)117-79(137)52(24-17-30-98-87(94)95)111-81(139)59(41-119)107-65(124)38-100-73(131)55(112-71(129)49(88)42-144)32-47-18-11-9-12-19-47)82(140)103-35-62(121)104-46(5)70(128)109-53(25-26-61(89)120)77(135)115-58(40-118)74(132)101-36-64(123)106-54(27-31-146-6)72(130)99-39-66(125)108-60(43-145)75(133)102-37-63(122)105-50(22-15-28-96-85(90)91)76(134)114-57(84(142)143)33-48-20-13-10-14-21-48/h9-14,18-21,44-46,49-60,68-69,118-119,144-145H,7-8,15-17,22-43,88H2,1-6H3,(H2,89,120)(H,99,130)(H,100,131)(H,101,132)(H,102,133)(H,103,140)(H,104,121)(H,105,122)(H,106,123)(H,107,124)(H,108,125)(H,109,128)(H,110,138)(H,111,139)(H,112,129)(H,113,141)(H,114,134)(H,115,135)(H,116,136)(H,117,137)(H,126,127)(H,142,143)(H4,90,91,96)(H4,92,93,97)(H4,94,95,98)/t44-,45-,46-,49-,50-,51-,52-,53-,54-,55-,56-,57-,58-,59-,60-,68-,69-/m0/s1. The number of aliphatic carboxylic acids is 2. The summed E-state index contributed by atoms with van der Waals surface area (Å²) in [5.41, 5.74) is 28.7. The van der Waals surface area contributed by atoms with Gasteiger partial charge < -0.3 is 166 Å². The highest BCUT2D eigenvalue weighted by molar-refractivity contribution is 7.98. The number of primary amides is 1. The molecule has 0 saturated carbocycles. The first-order valence-corrected chi connectivity index (χ1v) is 49.0. The quantitative estimate of drug-likeness (QED) is 0.0127. The summed E-state index contributed by atoms with van der Waals surface area (Å²) in [5, 5.41) is 116. The Morgan fingerprint density at radius 3 is 1.06 bits per heavy atom. The monoisotopic (exact) mass is 2120 g/mol. The maximum absolute atomic E-state index is 14.5. The van der Waals surface area contributed by atoms with Crippen LogP contribution in [-0.4, -0.2) is 348 Å². The van der Waals surface area contributed by atoms with E-state index in [1.807, 2.05) is 0 Å². The third-order valence-electron chi connectivity index (χ3n) is 21.8. The van der Waals surface area contributed by atoms with Crippen LogP contribution in [0.1, 0.15) is 123 Å². The van der Waals surface area contributed by atoms with Gasteiger partial charge in [0, 0.05) is 50.4 Å². The first-order chi connectivity index (χ1) is 69.0. The second-order valence-corrected chi connectivity index (χ2v) is 35.1. The zero-order valence-corrected chi connectivity index (χ0v) is 84.2. The Hall–Kier alpha value is -14.5. The molecule has 2 aromatic rings. The number of hydrogen-bond acceptors (Lipinski definition) is 31. The number of thioether (sulfide) groups is 1. The summed E-state index contributed by atoms with van der Waals surface area (Å²) in [4.78, 5) is 296. The summed E-state index contributed by atoms with van der Waals surface area (Å²) in [6, 6.07) is -6.54. The lowest BCUT2D eigenvalue weighted by Crippen LogP contribution is -2.61. The van der Waals surface area contributed by atoms with Crippen molar-refractivity contribution in [2.45, 2.75) is 215 Å². The molecule has 17 atom stereocenters. The van der Waals surface area contributed by atoms with Crippen molar-refractivity contribution in [3.8, 4) is 0 Å². The van der Waals surface area contributed by atoms with Crippen molar-refractivity contribution in [1.29, 1.82) is 16.2 Å². The molecule has 0 saturated heterocycles. The molecule has 0 spiro atoms. The number of thiol groups is 2. The Morgan fingerprint density at radius 2 is 0.664 bits per heavy atom. The van der Waals surface area contributed by atoms with Crippen molar-refractivity contribution >= 4 is 185 Å². The van der Waals surface area contributed by atoms with E-state index in [0.717, 1.165) is 6.92 Å². The lowest BCUT2D eigenvalue weighted by molar-refractivity contribution is -0.142. The number of amides is 20. The second kappa shape index (κ2) is 69.5. The number of carbonyl (C=O) groups is 22. The molecule has 2 rings (SSSR count). The number of aliphatic hydroxyl groups excluding tert-OH is 2. The van der Waals surface area contributed by atoms with Crippen LogP contribution in [0.25, 0.3) is 0 Å². The van der Waals surface area contributed by atoms with E-state index >= 15 is 0 Å². The first-order valence-electron chi connectivity index (χ1n) is 46.4. The van der Waals surface area contributed by atoms with E-state index in [9.17, 15) is 126 Å². The Balaban J connectivity index is 2.23. The normalized spacial score (nSPS) is 14.3. The fourth-order valence-corrected chi connectivity index (χ4v) is 14.1. The molecule has 0 aliphatic heterocycles. The van der Waals surface area contributed by atoms with Gasteiger partial charge in [-0.25, -0.2) is 4.79 Å². The van der Waals surface area contributed by atoms with E-state index < -0.39 is 310 Å². The summed E-state index contributed by atoms with van der Waals surface area (Å²) >= 11 is 9.40. The van der Waals surface area contributed by atoms with Crippen molar-refractivity contribution in [1.82, 2.24) is 117 Å². The molecule has 0 bridgehead atoms. The number of nitrogens with one attached hydrogen (secondary N) is 25. The number of guanidine groups is 3. The Morgan fingerprint density at radius 1 is 0.349 bits per heavy atom. The topological polar surface area (TPSA) is 923 Å². The lowest BCUT2D eigenvalue weighted by Gasteiger charge is -2.29. The van der Waals surface area contributed by atoms with Crippen molar-refractivity contribution in [2.75, 3.05) is 89.1 Å². The molecule has 59 heteroatoms. The molecule has 20 amide bonds. The van der Waals surface area contributed by atoms with Crippen molar-refractivity contribution in [2.24, 2.45) is 40.5 Å². The fourth-order valence-electron chi connectivity index (χ4n) is 13.2. The molecule has 0 fully saturated rings. The Labute approximate surface area is 856 Å². The molecule has 0 unspecified atom stereocenters. The molecule has 0 aliphatic rings. The Bertz CT molecular complexity index is 4770. The van der Waals surface area contributed by atoms with Crippen molar-refractivity contribution in [3.63, 3.8) is 0 Å². The predicted octanol–water partition coefficient (Wildman–Crippen LogP) is -12.5. The van der Waals surface area contributed by atoms with E-state index in [0.29, 0.717) is 11.1 Å². The van der Waals surface area contributed by atoms with E-state index in [1.165, 1.54) is 25.6 Å². The SMILES string of the molecule is CC[C@H](C)[C@H](NC(=O)[C@H](CCCNC(=N)N)NC(=O)[C@H](CC(=O)O)NC(=O)[C@@H](NC(=O)[C@H](CCCNC(=N)N)NC(=O)[C@H](CO)NC(=O)CNC(=O)[C@H](Cc1ccccc1)NC(=O)[C@@H](N)CS)[C@@H](C)CC)C(=O)NCC(=O)N[C@@H](C)C(=O)N[C@@H](CCC(N)=O)C(=O)N[C@@H](CO)C(=O)NCC(=O)N[C@@H](CCSC)C(=O)NCC(=O)N[C@@H](CS)C(=O)NCC(=O)N[C@@H](CCCNC(=N)N)C(=O)N[C@@H](Cc1ccccc1)C(=O)O. The summed E-state index contributed by atoms with van der Waals surface area (Å²) in [6.07, 6.45) is -1.11. The zero-order valence-electron chi connectivity index (χ0n) is 81.6. The molecule has 39 N–H and O–H groups in total. The summed E-state index contributed by atoms with van der Waals surface area (Å²) in [6.45, 7) is 0.953. The Kier molecular flexibility index (Phi) is 60.7. The van der Waals surface area contributed by atoms with Gasteiger partial charge in [-0.05, 0) is 93.3 Å². The number of aliphatic hydroxyl groups is 2. The number of carbonyl (C=O) groups excluding carboxylic acids is 20. The van der Waals surface area contributed by atoms with Crippen LogP contribution in [0, 0.1) is 28.1 Å². The van der Waals surface area contributed by atoms with Gasteiger partial charge in [-0.2, -0.15) is 37.0 Å². The largest absolute Gasteiger partial charge is 0.481 e. The minimum atomic E-state index is -2.05. The number of benzene rings is 2. The zero-order chi connectivity index (χ0) is 110. The summed E-state index contributed by atoms with van der Waals surface area (Å²) < 4.78 is 0. The maximum atomic E-state index is 14.5. The van der Waals surface area contributed by atoms with Crippen LogP contribution >= 0.6 is 37.0 Å². The molecule has 0 radical (unpaired) electrons. The average Bonchev–Trinajstić information content (AvgIpc) is 0.851. The van der Waals surface area contributed by atoms with Gasteiger partial charge in [-0.1, -0.05) is 101 Å². The molecule has 2 aromatic carbocycles. The molecule has 812 valence electrons. The highest BCUT2D eigenvalue weighted by Crippen LogP contribution is 2.16. The molecule has 0 heterocycles. The van der Waals surface area contributed by atoms with Crippen LogP contribution < -0.4 is 146 Å². The molecule has 0 aromatic heterocycles. The molecular formula is C87H140N30O26S3. The highest BCUT2D eigenvalue weighted by atomic mass is 32.2. The third kappa shape index (κ3) is 51.1. The van der Waals surface area contributed by atoms with Gasteiger partial charge in [0.2, 0.25) is 118 Å². The van der Waals surface area contributed by atoms with E-state index in [4.69, 9.17) is 44.9 Å². The molecule has 56 nitrogen and oxygen atoms in total. The van der Waals surface area contributed by atoms with E-state index in [2.05, 4.69) is 142 Å². The summed E-state index contributed by atoms with van der Waals surface area (Å²) in [5.74, 6) is -26.7. The molecule has 0 aliphatic carbocycles. The van der Waals surface area contributed by atoms with Crippen LogP contribution in [0.15, 0.2) is 60.7 Å². The number of rotatable bonds is 71. The minimum absolute atomic E-state index is 0.0128. The number of carboxylic acid groups (broad SMARTS) is 2. The van der Waals surface area contributed by atoms with Crippen molar-refractivity contribution < 1.29 is 126 Å². The van der Waals surface area contributed by atoms with Gasteiger partial charge >= 0.3 is 11.9 Å². The average molecular weight is 2120 g/mol. The van der Waals surface area contributed by atoms with Gasteiger partial charge in [0.05, 0.1) is 58.4 Å². The first kappa shape index (κ1) is 128. The van der Waals surface area contributed by atoms with Crippen LogP contribution in [0.4, 0.5) is 0 Å². The van der Waals surface area contributed by atoms with Gasteiger partial charge in [0.1, 0.15) is 84.6 Å². The van der Waals surface area contributed by atoms with Gasteiger partial charge in [-0.15, -0.1) is 0 Å². The number of hydrogen-bond donors (Lipinski definition) is 36. The van der Waals surface area contributed by atoms with Crippen molar-refractivity contribution in [3.05, 3.63) is 71.8 Å². The number of nitrogens with two attached hydrogens (primary N) is 5. The fraction of sp³-hybridized carbons (Fsp3) is 0.575. The maximum Gasteiger partial charge on any atom is 0.326 e. The van der Waals surface area contributed by atoms with E-state index in [1.54, 1.807) is 80.8 Å². The highest BCUT2D eigenvalue weighted by Gasteiger charge is 2.39. The number of carboxylic acids is 2. The predicted molar refractivity (Wildman–Crippen MR) is 536 cm³/mol. The van der Waals surface area contributed by atoms with Gasteiger partial charge in [-0.3, -0.25) is 117 Å². The molecule has 146 heavy (non-hydrogen) atoms. The van der Waals surface area contributed by atoms with Gasteiger partial charge in [0.15, 0.2) is 17.9 Å². The van der Waals surface area contributed by atoms with Crippen LogP contribution in [-0.2, 0) is 118 Å². The molecular weight excluding hydrogens is 1980 g/mol.